The van der Waals surface area contributed by atoms with Crippen LogP contribution in [0.5, 0.6) is 0 Å². The van der Waals surface area contributed by atoms with Crippen molar-refractivity contribution in [2.24, 2.45) is 5.92 Å². The van der Waals surface area contributed by atoms with Crippen LogP contribution in [0.3, 0.4) is 0 Å². The van der Waals surface area contributed by atoms with Gasteiger partial charge in [-0.1, -0.05) is 17.4 Å². The summed E-state index contributed by atoms with van der Waals surface area (Å²) in [6, 6.07) is 3.82. The van der Waals surface area contributed by atoms with Gasteiger partial charge in [0.25, 0.3) is 0 Å². The molecule has 9 nitrogen and oxygen atoms in total. The van der Waals surface area contributed by atoms with Crippen molar-refractivity contribution >= 4 is 28.3 Å². The fourth-order valence-electron chi connectivity index (χ4n) is 3.49. The first-order chi connectivity index (χ1) is 15.1. The zero-order valence-corrected chi connectivity index (χ0v) is 17.9. The number of carboxylic acid groups (broad SMARTS) is 1. The van der Waals surface area contributed by atoms with E-state index in [2.05, 4.69) is 25.4 Å². The van der Waals surface area contributed by atoms with E-state index in [9.17, 15) is 18.0 Å². The average Bonchev–Trinajstić information content (AvgIpc) is 3.38. The summed E-state index contributed by atoms with van der Waals surface area (Å²) in [5, 5.41) is 20.3. The smallest absolute Gasteiger partial charge is 0.475 e. The molecular weight excluding hydrogens is 451 g/mol. The van der Waals surface area contributed by atoms with Gasteiger partial charge in [-0.15, -0.1) is 10.2 Å². The number of carbonyl (C=O) groups excluding carboxylic acids is 1. The number of pyridine rings is 1. The molecule has 2 aromatic heterocycles. The summed E-state index contributed by atoms with van der Waals surface area (Å²) in [5.74, 6) is -2.34. The standard InChI is InChI=1S/C17H21N5O2S.C2HF3O2/c1-11-20-21-17(25-11)22-6-4-13-7-14(24-15(13)10-22)16(23)19-9-12-3-2-5-18-8-12;3-2(4,5)1(6)7/h2-3,5,8,13-15H,4,6-7,9-10H2,1H3,(H,19,23);(H,6,7)/t13-,14-,15+;/m0./s1. The molecule has 13 heteroatoms. The van der Waals surface area contributed by atoms with Crippen LogP contribution in [0.15, 0.2) is 24.5 Å². The Hall–Kier alpha value is -2.80. The van der Waals surface area contributed by atoms with Gasteiger partial charge >= 0.3 is 12.1 Å². The summed E-state index contributed by atoms with van der Waals surface area (Å²) >= 11 is 1.60. The van der Waals surface area contributed by atoms with Crippen molar-refractivity contribution < 1.29 is 32.6 Å². The lowest BCUT2D eigenvalue weighted by Gasteiger charge is -2.33. The Balaban J connectivity index is 0.000000360. The number of rotatable bonds is 4. The molecule has 0 aromatic carbocycles. The molecule has 0 saturated carbocycles. The maximum absolute atomic E-state index is 12.4. The van der Waals surface area contributed by atoms with Gasteiger partial charge in [0.15, 0.2) is 0 Å². The molecule has 2 aliphatic heterocycles. The van der Waals surface area contributed by atoms with Gasteiger partial charge < -0.3 is 20.1 Å². The SMILES string of the molecule is Cc1nnc(N2CC[C@H]3C[C@@H](C(=O)NCc4cccnc4)O[C@@H]3C2)s1.O=C(O)C(F)(F)F. The van der Waals surface area contributed by atoms with Crippen molar-refractivity contribution in [3.05, 3.63) is 35.1 Å². The van der Waals surface area contributed by atoms with Gasteiger partial charge in [-0.25, -0.2) is 4.79 Å². The fourth-order valence-corrected chi connectivity index (χ4v) is 4.22. The summed E-state index contributed by atoms with van der Waals surface area (Å²) in [6.07, 6.45) is -0.0454. The molecular formula is C19H22F3N5O4S. The van der Waals surface area contributed by atoms with Crippen LogP contribution in [-0.4, -0.2) is 63.6 Å². The molecule has 2 N–H and O–H groups in total. The molecule has 4 rings (SSSR count). The van der Waals surface area contributed by atoms with Crippen molar-refractivity contribution in [1.82, 2.24) is 20.5 Å². The molecule has 0 unspecified atom stereocenters. The molecule has 4 heterocycles. The number of hydrogen-bond donors (Lipinski definition) is 2. The first-order valence-corrected chi connectivity index (χ1v) is 10.6. The minimum Gasteiger partial charge on any atom is -0.475 e. The number of ether oxygens (including phenoxy) is 1. The van der Waals surface area contributed by atoms with Crippen LogP contribution in [0.1, 0.15) is 23.4 Å². The van der Waals surface area contributed by atoms with E-state index >= 15 is 0 Å². The summed E-state index contributed by atoms with van der Waals surface area (Å²) in [5.41, 5.74) is 0.990. The second-order valence-electron chi connectivity index (χ2n) is 7.38. The van der Waals surface area contributed by atoms with E-state index in [0.29, 0.717) is 12.5 Å². The second kappa shape index (κ2) is 10.2. The molecule has 174 valence electrons. The summed E-state index contributed by atoms with van der Waals surface area (Å²) in [6.45, 7) is 4.18. The normalized spacial score (nSPS) is 22.5. The number of fused-ring (bicyclic) bond motifs is 1. The van der Waals surface area contributed by atoms with Gasteiger partial charge in [-0.3, -0.25) is 9.78 Å². The minimum atomic E-state index is -5.08. The first-order valence-electron chi connectivity index (χ1n) is 9.80. The molecule has 0 aliphatic carbocycles. The molecule has 0 radical (unpaired) electrons. The van der Waals surface area contributed by atoms with E-state index in [4.69, 9.17) is 14.6 Å². The minimum absolute atomic E-state index is 0.0310. The van der Waals surface area contributed by atoms with Crippen molar-refractivity contribution in [2.75, 3.05) is 18.0 Å². The number of nitrogens with one attached hydrogen (secondary N) is 1. The van der Waals surface area contributed by atoms with Gasteiger partial charge in [0.2, 0.25) is 11.0 Å². The number of carbonyl (C=O) groups is 2. The maximum Gasteiger partial charge on any atom is 0.490 e. The molecule has 32 heavy (non-hydrogen) atoms. The maximum atomic E-state index is 12.4. The average molecular weight is 473 g/mol. The Bertz CT molecular complexity index is 927. The summed E-state index contributed by atoms with van der Waals surface area (Å²) < 4.78 is 37.8. The van der Waals surface area contributed by atoms with E-state index in [1.807, 2.05) is 19.1 Å². The number of alkyl halides is 3. The summed E-state index contributed by atoms with van der Waals surface area (Å²) in [7, 11) is 0. The highest BCUT2D eigenvalue weighted by Crippen LogP contribution is 2.35. The molecule has 2 fully saturated rings. The number of aromatic nitrogens is 3. The largest absolute Gasteiger partial charge is 0.490 e. The number of hydrogen-bond acceptors (Lipinski definition) is 8. The third kappa shape index (κ3) is 6.36. The number of carboxylic acids is 1. The number of aliphatic carboxylic acids is 1. The Labute approximate surface area is 185 Å². The van der Waals surface area contributed by atoms with Crippen LogP contribution >= 0.6 is 11.3 Å². The molecule has 1 amide bonds. The van der Waals surface area contributed by atoms with Crippen molar-refractivity contribution in [2.45, 2.75) is 44.7 Å². The number of nitrogens with zero attached hydrogens (tertiary/aromatic N) is 4. The zero-order valence-electron chi connectivity index (χ0n) is 17.1. The zero-order chi connectivity index (χ0) is 23.3. The van der Waals surface area contributed by atoms with Gasteiger partial charge in [0, 0.05) is 32.0 Å². The summed E-state index contributed by atoms with van der Waals surface area (Å²) in [4.78, 5) is 27.6. The molecule has 0 spiro atoms. The molecule has 2 aliphatic rings. The van der Waals surface area contributed by atoms with Gasteiger partial charge in [0.1, 0.15) is 11.1 Å². The van der Waals surface area contributed by atoms with E-state index in [0.717, 1.165) is 41.6 Å². The molecule has 0 bridgehead atoms. The van der Waals surface area contributed by atoms with E-state index in [1.54, 1.807) is 23.7 Å². The predicted octanol–water partition coefficient (Wildman–Crippen LogP) is 2.18. The first kappa shape index (κ1) is 23.9. The van der Waals surface area contributed by atoms with Crippen LogP contribution in [0.25, 0.3) is 0 Å². The number of amides is 1. The number of anilines is 1. The van der Waals surface area contributed by atoms with E-state index < -0.39 is 12.1 Å². The quantitative estimate of drug-likeness (QED) is 0.694. The third-order valence-electron chi connectivity index (χ3n) is 5.06. The number of halogens is 3. The highest BCUT2D eigenvalue weighted by atomic mass is 32.1. The van der Waals surface area contributed by atoms with Crippen LogP contribution < -0.4 is 10.2 Å². The monoisotopic (exact) mass is 473 g/mol. The molecule has 3 atom stereocenters. The highest BCUT2D eigenvalue weighted by molar-refractivity contribution is 7.15. The van der Waals surface area contributed by atoms with Crippen LogP contribution in [0.2, 0.25) is 0 Å². The molecule has 2 aromatic rings. The van der Waals surface area contributed by atoms with Crippen molar-refractivity contribution in [3.8, 4) is 0 Å². The van der Waals surface area contributed by atoms with Gasteiger partial charge in [-0.2, -0.15) is 13.2 Å². The van der Waals surface area contributed by atoms with Crippen LogP contribution in [0.4, 0.5) is 18.3 Å². The Morgan fingerprint density at radius 2 is 2.12 bits per heavy atom. The van der Waals surface area contributed by atoms with Crippen molar-refractivity contribution in [1.29, 1.82) is 0 Å². The number of piperidine rings is 1. The topological polar surface area (TPSA) is 118 Å². The lowest BCUT2D eigenvalue weighted by atomic mass is 9.92. The van der Waals surface area contributed by atoms with E-state index in [-0.39, 0.29) is 18.1 Å². The van der Waals surface area contributed by atoms with Gasteiger partial charge in [0.05, 0.1) is 6.10 Å². The lowest BCUT2D eigenvalue weighted by molar-refractivity contribution is -0.192. The Morgan fingerprint density at radius 3 is 2.72 bits per heavy atom. The highest BCUT2D eigenvalue weighted by Gasteiger charge is 2.42. The van der Waals surface area contributed by atoms with Crippen molar-refractivity contribution in [3.63, 3.8) is 0 Å². The Kier molecular flexibility index (Phi) is 7.61. The fraction of sp³-hybridized carbons (Fsp3) is 0.526. The van der Waals surface area contributed by atoms with Gasteiger partial charge in [-0.05, 0) is 37.3 Å². The van der Waals surface area contributed by atoms with Crippen LogP contribution in [0, 0.1) is 12.8 Å². The number of aryl methyl sites for hydroxylation is 1. The predicted molar refractivity (Wildman–Crippen MR) is 108 cm³/mol. The van der Waals surface area contributed by atoms with E-state index in [1.165, 1.54) is 0 Å². The van der Waals surface area contributed by atoms with Crippen LogP contribution in [-0.2, 0) is 20.9 Å². The molecule has 2 saturated heterocycles. The second-order valence-corrected chi connectivity index (χ2v) is 8.54. The third-order valence-corrected chi connectivity index (χ3v) is 5.96. The lowest BCUT2D eigenvalue weighted by Crippen LogP contribution is -2.42. The Morgan fingerprint density at radius 1 is 1.38 bits per heavy atom.